The van der Waals surface area contributed by atoms with Crippen LogP contribution >= 0.6 is 12.4 Å². The van der Waals surface area contributed by atoms with E-state index >= 15 is 0 Å². The van der Waals surface area contributed by atoms with Crippen LogP contribution in [0.1, 0.15) is 39.7 Å². The zero-order chi connectivity index (χ0) is 11.3. The van der Waals surface area contributed by atoms with Gasteiger partial charge in [-0.15, -0.1) is 12.4 Å². The van der Waals surface area contributed by atoms with Gasteiger partial charge in [-0.25, -0.2) is 0 Å². The Hall–Kier alpha value is -0.890. The maximum Gasteiger partial charge on any atom is 0.124 e. The highest BCUT2D eigenvalue weighted by molar-refractivity contribution is 5.85. The fourth-order valence-electron chi connectivity index (χ4n) is 2.66. The lowest BCUT2D eigenvalue weighted by molar-refractivity contribution is 0.0535. The summed E-state index contributed by atoms with van der Waals surface area (Å²) in [4.78, 5) is 0. The number of hydrogen-bond donors (Lipinski definition) is 1. The molecule has 90 valence electrons. The molecular weight excluding hydrogens is 222 g/mol. The maximum absolute atomic E-state index is 5.95. The van der Waals surface area contributed by atoms with Crippen LogP contribution in [0, 0.1) is 0 Å². The number of ether oxygens (including phenoxy) is 1. The molecule has 0 amide bonds. The lowest BCUT2D eigenvalue weighted by atomic mass is 9.73. The minimum Gasteiger partial charge on any atom is -0.488 e. The van der Waals surface area contributed by atoms with Crippen molar-refractivity contribution in [1.29, 1.82) is 0 Å². The molecule has 1 aliphatic heterocycles. The molecule has 3 heteroatoms. The number of hydrogen-bond acceptors (Lipinski definition) is 2. The van der Waals surface area contributed by atoms with Gasteiger partial charge in [-0.05, 0) is 43.9 Å². The third-order valence-corrected chi connectivity index (χ3v) is 2.99. The number of halogens is 1. The smallest absolute Gasteiger partial charge is 0.124 e. The summed E-state index contributed by atoms with van der Waals surface area (Å²) in [7, 11) is 0. The van der Waals surface area contributed by atoms with Gasteiger partial charge in [-0.3, -0.25) is 0 Å². The second kappa shape index (κ2) is 3.85. The van der Waals surface area contributed by atoms with Crippen molar-refractivity contribution < 1.29 is 4.74 Å². The average Bonchev–Trinajstić information content (AvgIpc) is 2.03. The monoisotopic (exact) mass is 241 g/mol. The third kappa shape index (κ3) is 2.27. The van der Waals surface area contributed by atoms with Gasteiger partial charge in [0.25, 0.3) is 0 Å². The molecule has 0 saturated carbocycles. The molecule has 2 nitrogen and oxygen atoms in total. The molecule has 16 heavy (non-hydrogen) atoms. The number of benzene rings is 1. The van der Waals surface area contributed by atoms with E-state index in [0.717, 1.165) is 17.9 Å². The molecule has 0 bridgehead atoms. The van der Waals surface area contributed by atoms with Crippen LogP contribution in [-0.4, -0.2) is 5.60 Å². The third-order valence-electron chi connectivity index (χ3n) is 2.99. The molecule has 0 saturated heterocycles. The largest absolute Gasteiger partial charge is 0.488 e. The van der Waals surface area contributed by atoms with Gasteiger partial charge in [0.05, 0.1) is 0 Å². The fraction of sp³-hybridized carbons (Fsp3) is 0.538. The molecule has 0 radical (unpaired) electrons. The number of anilines is 1. The molecule has 2 N–H and O–H groups in total. The number of nitrogen functional groups attached to an aromatic ring is 1. The molecule has 0 atom stereocenters. The molecule has 0 unspecified atom stereocenters. The minimum absolute atomic E-state index is 0. The molecular formula is C13H20ClNO. The summed E-state index contributed by atoms with van der Waals surface area (Å²) in [6.07, 6.45) is 1.01. The standard InChI is InChI=1S/C13H19NO.ClH/c1-12(2)8-13(3,4)15-11-6-5-9(14)7-10(11)12;/h5-7H,8,14H2,1-4H3;1H. The summed E-state index contributed by atoms with van der Waals surface area (Å²) in [5.74, 6) is 0.977. The van der Waals surface area contributed by atoms with Crippen molar-refractivity contribution in [3.8, 4) is 5.75 Å². The molecule has 0 aliphatic carbocycles. The Morgan fingerprint density at radius 2 is 1.81 bits per heavy atom. The van der Waals surface area contributed by atoms with Gasteiger partial charge in [0.1, 0.15) is 11.4 Å². The van der Waals surface area contributed by atoms with Crippen LogP contribution < -0.4 is 10.5 Å². The highest BCUT2D eigenvalue weighted by Crippen LogP contribution is 2.45. The Labute approximate surface area is 104 Å². The van der Waals surface area contributed by atoms with E-state index in [-0.39, 0.29) is 23.4 Å². The quantitative estimate of drug-likeness (QED) is 0.706. The van der Waals surface area contributed by atoms with E-state index in [1.165, 1.54) is 5.56 Å². The van der Waals surface area contributed by atoms with Crippen LogP contribution in [0.3, 0.4) is 0 Å². The van der Waals surface area contributed by atoms with Crippen molar-refractivity contribution in [3.63, 3.8) is 0 Å². The molecule has 1 aliphatic rings. The number of fused-ring (bicyclic) bond motifs is 1. The normalized spacial score (nSPS) is 20.2. The summed E-state index contributed by atoms with van der Waals surface area (Å²) in [5, 5.41) is 0. The predicted molar refractivity (Wildman–Crippen MR) is 70.5 cm³/mol. The maximum atomic E-state index is 5.95. The number of rotatable bonds is 0. The van der Waals surface area contributed by atoms with E-state index in [1.807, 2.05) is 18.2 Å². The minimum atomic E-state index is -0.0907. The second-order valence-corrected chi connectivity index (χ2v) is 5.68. The van der Waals surface area contributed by atoms with Crippen molar-refractivity contribution in [3.05, 3.63) is 23.8 Å². The Kier molecular flexibility index (Phi) is 3.17. The van der Waals surface area contributed by atoms with Gasteiger partial charge in [0, 0.05) is 11.3 Å². The van der Waals surface area contributed by atoms with Crippen molar-refractivity contribution in [2.45, 2.75) is 45.1 Å². The summed E-state index contributed by atoms with van der Waals surface area (Å²) in [5.41, 5.74) is 7.89. The lowest BCUT2D eigenvalue weighted by Crippen LogP contribution is -2.41. The average molecular weight is 242 g/mol. The molecule has 1 heterocycles. The molecule has 1 aromatic rings. The summed E-state index contributed by atoms with van der Waals surface area (Å²) in [6, 6.07) is 5.91. The summed E-state index contributed by atoms with van der Waals surface area (Å²) in [6.45, 7) is 8.76. The number of nitrogens with two attached hydrogens (primary N) is 1. The first-order valence-corrected chi connectivity index (χ1v) is 5.39. The van der Waals surface area contributed by atoms with Crippen molar-refractivity contribution in [2.24, 2.45) is 0 Å². The Morgan fingerprint density at radius 1 is 1.19 bits per heavy atom. The molecule has 2 rings (SSSR count). The van der Waals surface area contributed by atoms with Gasteiger partial charge in [-0.2, -0.15) is 0 Å². The molecule has 1 aromatic carbocycles. The Morgan fingerprint density at radius 3 is 2.44 bits per heavy atom. The van der Waals surface area contributed by atoms with E-state index in [1.54, 1.807) is 0 Å². The van der Waals surface area contributed by atoms with Gasteiger partial charge in [-0.1, -0.05) is 13.8 Å². The first kappa shape index (κ1) is 13.2. The fourth-order valence-corrected chi connectivity index (χ4v) is 2.66. The van der Waals surface area contributed by atoms with Crippen molar-refractivity contribution >= 4 is 18.1 Å². The van der Waals surface area contributed by atoms with E-state index in [4.69, 9.17) is 10.5 Å². The van der Waals surface area contributed by atoms with Crippen LogP contribution in [0.4, 0.5) is 5.69 Å². The Bertz CT molecular complexity index is 399. The topological polar surface area (TPSA) is 35.2 Å². The SMILES string of the molecule is CC1(C)CC(C)(C)c2cc(N)ccc2O1.Cl. The van der Waals surface area contributed by atoms with Crippen LogP contribution in [0.25, 0.3) is 0 Å². The highest BCUT2D eigenvalue weighted by atomic mass is 35.5. The second-order valence-electron chi connectivity index (χ2n) is 5.68. The van der Waals surface area contributed by atoms with Gasteiger partial charge in [0.2, 0.25) is 0 Å². The van der Waals surface area contributed by atoms with Crippen LogP contribution in [0.15, 0.2) is 18.2 Å². The highest BCUT2D eigenvalue weighted by Gasteiger charge is 2.38. The van der Waals surface area contributed by atoms with E-state index < -0.39 is 0 Å². The first-order chi connectivity index (χ1) is 6.80. The van der Waals surface area contributed by atoms with Crippen LogP contribution in [-0.2, 0) is 5.41 Å². The lowest BCUT2D eigenvalue weighted by Gasteiger charge is -2.42. The van der Waals surface area contributed by atoms with Gasteiger partial charge >= 0.3 is 0 Å². The van der Waals surface area contributed by atoms with Gasteiger partial charge < -0.3 is 10.5 Å². The van der Waals surface area contributed by atoms with E-state index in [2.05, 4.69) is 27.7 Å². The summed E-state index contributed by atoms with van der Waals surface area (Å²) < 4.78 is 5.95. The van der Waals surface area contributed by atoms with E-state index in [0.29, 0.717) is 0 Å². The van der Waals surface area contributed by atoms with E-state index in [9.17, 15) is 0 Å². The Balaban J connectivity index is 0.00000128. The molecule has 0 aromatic heterocycles. The van der Waals surface area contributed by atoms with Crippen LogP contribution in [0.5, 0.6) is 5.75 Å². The predicted octanol–water partition coefficient (Wildman–Crippen LogP) is 3.53. The zero-order valence-corrected chi connectivity index (χ0v) is 11.1. The van der Waals surface area contributed by atoms with Gasteiger partial charge in [0.15, 0.2) is 0 Å². The summed E-state index contributed by atoms with van der Waals surface area (Å²) >= 11 is 0. The van der Waals surface area contributed by atoms with Crippen LogP contribution in [0.2, 0.25) is 0 Å². The van der Waals surface area contributed by atoms with Crippen molar-refractivity contribution in [2.75, 3.05) is 5.73 Å². The first-order valence-electron chi connectivity index (χ1n) is 5.39. The molecule has 0 spiro atoms. The molecule has 0 fully saturated rings. The zero-order valence-electron chi connectivity index (χ0n) is 10.3. The van der Waals surface area contributed by atoms with Crippen molar-refractivity contribution in [1.82, 2.24) is 0 Å².